The zero-order valence-electron chi connectivity index (χ0n) is 16.1. The number of aryl methyl sites for hydroxylation is 2. The van der Waals surface area contributed by atoms with Crippen LogP contribution in [0.5, 0.6) is 0 Å². The molecule has 3 heterocycles. The van der Waals surface area contributed by atoms with Gasteiger partial charge in [-0.05, 0) is 32.9 Å². The van der Waals surface area contributed by atoms with Gasteiger partial charge in [-0.1, -0.05) is 22.9 Å². The van der Waals surface area contributed by atoms with Crippen LogP contribution >= 0.6 is 0 Å². The normalized spacial score (nSPS) is 11.1. The molecule has 0 atom stereocenters. The van der Waals surface area contributed by atoms with E-state index in [1.54, 1.807) is 13.8 Å². The second kappa shape index (κ2) is 7.34. The molecule has 0 bridgehead atoms. The van der Waals surface area contributed by atoms with E-state index in [2.05, 4.69) is 15.1 Å². The summed E-state index contributed by atoms with van der Waals surface area (Å²) in [5.74, 6) is 0.323. The van der Waals surface area contributed by atoms with Crippen LogP contribution < -0.4 is 5.56 Å². The zero-order valence-corrected chi connectivity index (χ0v) is 16.1. The van der Waals surface area contributed by atoms with E-state index < -0.39 is 11.5 Å². The highest BCUT2D eigenvalue weighted by Crippen LogP contribution is 2.22. The van der Waals surface area contributed by atoms with Gasteiger partial charge in [0.15, 0.2) is 5.82 Å². The third-order valence-electron chi connectivity index (χ3n) is 4.38. The van der Waals surface area contributed by atoms with E-state index in [1.165, 1.54) is 10.9 Å². The Hall–Kier alpha value is -3.75. The largest absolute Gasteiger partial charge is 0.462 e. The number of hydrogen-bond donors (Lipinski definition) is 0. The average Bonchev–Trinajstić information content (AvgIpc) is 3.28. The first kappa shape index (κ1) is 18.6. The Morgan fingerprint density at radius 1 is 1.28 bits per heavy atom. The highest BCUT2D eigenvalue weighted by molar-refractivity contribution is 6.03. The van der Waals surface area contributed by atoms with Gasteiger partial charge in [-0.15, -0.1) is 0 Å². The lowest BCUT2D eigenvalue weighted by Gasteiger charge is -2.02. The van der Waals surface area contributed by atoms with E-state index in [0.717, 1.165) is 11.1 Å². The molecular weight excluding hydrogens is 376 g/mol. The van der Waals surface area contributed by atoms with Crippen molar-refractivity contribution < 1.29 is 18.5 Å². The molecule has 0 N–H and O–H groups in total. The van der Waals surface area contributed by atoms with E-state index in [9.17, 15) is 9.59 Å². The van der Waals surface area contributed by atoms with Crippen molar-refractivity contribution in [1.29, 1.82) is 0 Å². The lowest BCUT2D eigenvalue weighted by Crippen LogP contribution is -2.23. The average molecular weight is 394 g/mol. The van der Waals surface area contributed by atoms with Gasteiger partial charge in [0.25, 0.3) is 11.4 Å². The molecule has 0 saturated carbocycles. The fraction of sp³-hybridized carbons (Fsp3) is 0.250. The van der Waals surface area contributed by atoms with Crippen LogP contribution in [-0.4, -0.2) is 32.3 Å². The van der Waals surface area contributed by atoms with E-state index in [1.807, 2.05) is 31.2 Å². The van der Waals surface area contributed by atoms with E-state index >= 15 is 0 Å². The molecular formula is C20H18N4O5. The Bertz CT molecular complexity index is 1270. The van der Waals surface area contributed by atoms with Gasteiger partial charge < -0.3 is 13.7 Å². The van der Waals surface area contributed by atoms with Crippen molar-refractivity contribution >= 4 is 17.1 Å². The van der Waals surface area contributed by atoms with E-state index in [4.69, 9.17) is 13.7 Å². The number of nitrogens with zero attached hydrogens (tertiary/aromatic N) is 4. The van der Waals surface area contributed by atoms with Crippen LogP contribution in [0.15, 0.2) is 44.3 Å². The van der Waals surface area contributed by atoms with Gasteiger partial charge >= 0.3 is 5.97 Å². The Morgan fingerprint density at radius 3 is 2.86 bits per heavy atom. The van der Waals surface area contributed by atoms with Crippen LogP contribution in [0.4, 0.5) is 0 Å². The van der Waals surface area contributed by atoms with Crippen LogP contribution in [0.25, 0.3) is 22.6 Å². The standard InChI is InChI=1S/C20H18N4O5/c1-4-27-20(26)15-12(3)28-18-16(15)19(25)24(10-21-18)9-14-22-17(29-23-14)13-7-5-6-11(2)8-13/h5-8,10H,4,9H2,1-3H3. The molecule has 148 valence electrons. The second-order valence-corrected chi connectivity index (χ2v) is 6.50. The van der Waals surface area contributed by atoms with Crippen molar-refractivity contribution in [3.05, 3.63) is 63.7 Å². The third-order valence-corrected chi connectivity index (χ3v) is 4.38. The molecule has 0 saturated heterocycles. The highest BCUT2D eigenvalue weighted by Gasteiger charge is 2.24. The highest BCUT2D eigenvalue weighted by atomic mass is 16.5. The van der Waals surface area contributed by atoms with Crippen molar-refractivity contribution in [1.82, 2.24) is 19.7 Å². The Morgan fingerprint density at radius 2 is 2.10 bits per heavy atom. The summed E-state index contributed by atoms with van der Waals surface area (Å²) in [6.07, 6.45) is 1.32. The predicted octanol–water partition coefficient (Wildman–Crippen LogP) is 2.88. The minimum atomic E-state index is -0.623. The summed E-state index contributed by atoms with van der Waals surface area (Å²) in [5, 5.41) is 4.02. The minimum Gasteiger partial charge on any atom is -0.462 e. The van der Waals surface area contributed by atoms with Crippen molar-refractivity contribution in [2.45, 2.75) is 27.3 Å². The maximum atomic E-state index is 13.0. The van der Waals surface area contributed by atoms with Gasteiger partial charge in [0.1, 0.15) is 23.0 Å². The van der Waals surface area contributed by atoms with Crippen molar-refractivity contribution in [3.63, 3.8) is 0 Å². The summed E-state index contributed by atoms with van der Waals surface area (Å²) >= 11 is 0. The zero-order chi connectivity index (χ0) is 20.5. The lowest BCUT2D eigenvalue weighted by molar-refractivity contribution is 0.0526. The lowest BCUT2D eigenvalue weighted by atomic mass is 10.1. The molecule has 9 nitrogen and oxygen atoms in total. The molecule has 0 radical (unpaired) electrons. The molecule has 9 heteroatoms. The molecule has 0 amide bonds. The number of aromatic nitrogens is 4. The van der Waals surface area contributed by atoms with Crippen molar-refractivity contribution in [3.8, 4) is 11.5 Å². The van der Waals surface area contributed by atoms with Crippen molar-refractivity contribution in [2.24, 2.45) is 0 Å². The molecule has 4 rings (SSSR count). The maximum Gasteiger partial charge on any atom is 0.342 e. The van der Waals surface area contributed by atoms with Gasteiger partial charge in [-0.3, -0.25) is 9.36 Å². The van der Waals surface area contributed by atoms with Crippen LogP contribution in [0.3, 0.4) is 0 Å². The van der Waals surface area contributed by atoms with Crippen molar-refractivity contribution in [2.75, 3.05) is 6.61 Å². The van der Waals surface area contributed by atoms with Gasteiger partial charge in [0, 0.05) is 5.56 Å². The van der Waals surface area contributed by atoms with Crippen LogP contribution in [0.1, 0.15) is 34.4 Å². The summed E-state index contributed by atoms with van der Waals surface area (Å²) < 4.78 is 17.1. The molecule has 0 aliphatic carbocycles. The number of ether oxygens (including phenoxy) is 1. The third kappa shape index (κ3) is 3.42. The SMILES string of the molecule is CCOC(=O)c1c(C)oc2ncn(Cc3noc(-c4cccc(C)c4)n3)c(=O)c12. The monoisotopic (exact) mass is 394 g/mol. The van der Waals surface area contributed by atoms with Crippen LogP contribution in [0.2, 0.25) is 0 Å². The van der Waals surface area contributed by atoms with Gasteiger partial charge in [-0.2, -0.15) is 4.98 Å². The first-order valence-electron chi connectivity index (χ1n) is 9.03. The van der Waals surface area contributed by atoms with E-state index in [0.29, 0.717) is 11.7 Å². The molecule has 0 spiro atoms. The molecule has 1 aromatic carbocycles. The van der Waals surface area contributed by atoms with Crippen LogP contribution in [0, 0.1) is 13.8 Å². The summed E-state index contributed by atoms with van der Waals surface area (Å²) in [7, 11) is 0. The molecule has 0 aliphatic heterocycles. The first-order valence-corrected chi connectivity index (χ1v) is 9.03. The summed E-state index contributed by atoms with van der Waals surface area (Å²) in [5.41, 5.74) is 1.58. The topological polar surface area (TPSA) is 113 Å². The van der Waals surface area contributed by atoms with Crippen LogP contribution in [-0.2, 0) is 11.3 Å². The van der Waals surface area contributed by atoms with E-state index in [-0.39, 0.29) is 35.6 Å². The number of carbonyl (C=O) groups excluding carboxylic acids is 1. The molecule has 0 unspecified atom stereocenters. The number of rotatable bonds is 5. The molecule has 4 aromatic rings. The van der Waals surface area contributed by atoms with Gasteiger partial charge in [0.05, 0.1) is 13.2 Å². The fourth-order valence-corrected chi connectivity index (χ4v) is 3.07. The minimum absolute atomic E-state index is 0.0313. The predicted molar refractivity (Wildman–Crippen MR) is 103 cm³/mol. The maximum absolute atomic E-state index is 13.0. The van der Waals surface area contributed by atoms with Gasteiger partial charge in [0.2, 0.25) is 5.71 Å². The number of carbonyl (C=O) groups is 1. The quantitative estimate of drug-likeness (QED) is 0.475. The molecule has 3 aromatic heterocycles. The molecule has 0 fully saturated rings. The number of fused-ring (bicyclic) bond motifs is 1. The number of furan rings is 1. The smallest absolute Gasteiger partial charge is 0.342 e. The first-order chi connectivity index (χ1) is 14.0. The van der Waals surface area contributed by atoms with Gasteiger partial charge in [-0.25, -0.2) is 9.78 Å². The fourth-order valence-electron chi connectivity index (χ4n) is 3.07. The molecule has 0 aliphatic rings. The summed E-state index contributed by atoms with van der Waals surface area (Å²) in [6.45, 7) is 5.46. The number of esters is 1. The Labute approximate surface area is 164 Å². The second-order valence-electron chi connectivity index (χ2n) is 6.50. The Balaban J connectivity index is 1.71. The summed E-state index contributed by atoms with van der Waals surface area (Å²) in [6, 6.07) is 7.66. The molecule has 29 heavy (non-hydrogen) atoms. The Kier molecular flexibility index (Phi) is 4.71. The number of benzene rings is 1. The summed E-state index contributed by atoms with van der Waals surface area (Å²) in [4.78, 5) is 33.7. The number of hydrogen-bond acceptors (Lipinski definition) is 8.